The summed E-state index contributed by atoms with van der Waals surface area (Å²) in [4.78, 5) is 4.11. The fraction of sp³-hybridized carbons (Fsp3) is 0.250. The van der Waals surface area contributed by atoms with Gasteiger partial charge in [0.05, 0.1) is 0 Å². The maximum atomic E-state index is 4.11. The minimum Gasteiger partial charge on any atom is -0.261 e. The maximum Gasteiger partial charge on any atom is 0.0372 e. The molecule has 1 nitrogen and oxygen atoms in total. The van der Waals surface area contributed by atoms with E-state index in [0.29, 0.717) is 0 Å². The molecule has 0 aliphatic carbocycles. The number of hydrogen-bond donors (Lipinski definition) is 0. The Kier molecular flexibility index (Phi) is 1.83. The van der Waals surface area contributed by atoms with Crippen molar-refractivity contribution in [3.05, 3.63) is 36.5 Å². The summed E-state index contributed by atoms with van der Waals surface area (Å²) in [6.07, 6.45) is 2.69. The first-order valence-corrected chi connectivity index (χ1v) is 3.03. The summed E-state index contributed by atoms with van der Waals surface area (Å²) in [6, 6.07) is 4.05. The number of pyridine rings is 1. The Morgan fingerprint density at radius 3 is 2.78 bits per heavy atom. The first-order chi connectivity index (χ1) is 4.33. The van der Waals surface area contributed by atoms with Crippen molar-refractivity contribution in [2.24, 2.45) is 0 Å². The standard InChI is InChI=1S/C8H10N/c1-3-8-5-4-7(2)9-6-8/h4-6H,1,3H2,2H3. The van der Waals surface area contributed by atoms with Crippen LogP contribution < -0.4 is 0 Å². The molecule has 0 amide bonds. The number of hydrogen-bond acceptors (Lipinski definition) is 1. The molecule has 0 atom stereocenters. The lowest BCUT2D eigenvalue weighted by Gasteiger charge is -1.93. The summed E-state index contributed by atoms with van der Waals surface area (Å²) in [5.74, 6) is 0. The molecule has 0 aromatic carbocycles. The number of rotatable bonds is 1. The average molecular weight is 120 g/mol. The Hall–Kier alpha value is -0.850. The summed E-state index contributed by atoms with van der Waals surface area (Å²) in [5, 5.41) is 0. The quantitative estimate of drug-likeness (QED) is 0.550. The fourth-order valence-electron chi connectivity index (χ4n) is 0.646. The van der Waals surface area contributed by atoms with E-state index in [4.69, 9.17) is 0 Å². The molecule has 0 aliphatic rings. The third kappa shape index (κ3) is 1.53. The Morgan fingerprint density at radius 1 is 1.56 bits per heavy atom. The van der Waals surface area contributed by atoms with Gasteiger partial charge in [0.25, 0.3) is 0 Å². The van der Waals surface area contributed by atoms with Crippen molar-refractivity contribution in [1.82, 2.24) is 4.98 Å². The van der Waals surface area contributed by atoms with Crippen molar-refractivity contribution in [3.63, 3.8) is 0 Å². The molecular formula is C8H10N. The van der Waals surface area contributed by atoms with E-state index in [2.05, 4.69) is 18.0 Å². The second-order valence-corrected chi connectivity index (χ2v) is 2.06. The zero-order valence-electron chi connectivity index (χ0n) is 5.59. The highest BCUT2D eigenvalue weighted by Gasteiger charge is 1.86. The van der Waals surface area contributed by atoms with Gasteiger partial charge >= 0.3 is 0 Å². The van der Waals surface area contributed by atoms with Gasteiger partial charge in [0.2, 0.25) is 0 Å². The van der Waals surface area contributed by atoms with Crippen LogP contribution in [0.5, 0.6) is 0 Å². The van der Waals surface area contributed by atoms with Crippen LogP contribution in [0, 0.1) is 13.8 Å². The first kappa shape index (κ1) is 6.27. The highest BCUT2D eigenvalue weighted by Crippen LogP contribution is 1.98. The van der Waals surface area contributed by atoms with Crippen LogP contribution in [0.1, 0.15) is 11.3 Å². The third-order valence-electron chi connectivity index (χ3n) is 1.26. The SMILES string of the molecule is [CH2]Cc1ccc(C)nc1. The molecule has 0 aliphatic heterocycles. The van der Waals surface area contributed by atoms with Crippen molar-refractivity contribution in [2.75, 3.05) is 0 Å². The second kappa shape index (κ2) is 2.62. The van der Waals surface area contributed by atoms with Gasteiger partial charge in [-0.25, -0.2) is 0 Å². The first-order valence-electron chi connectivity index (χ1n) is 3.03. The minimum atomic E-state index is 0.827. The molecule has 0 unspecified atom stereocenters. The molecule has 1 radical (unpaired) electrons. The predicted octanol–water partition coefficient (Wildman–Crippen LogP) is 1.77. The van der Waals surface area contributed by atoms with E-state index >= 15 is 0 Å². The molecule has 0 bridgehead atoms. The van der Waals surface area contributed by atoms with E-state index < -0.39 is 0 Å². The van der Waals surface area contributed by atoms with Crippen molar-refractivity contribution >= 4 is 0 Å². The summed E-state index contributed by atoms with van der Waals surface area (Å²) in [5.41, 5.74) is 2.26. The minimum absolute atomic E-state index is 0.827. The fourth-order valence-corrected chi connectivity index (χ4v) is 0.646. The number of aromatic nitrogens is 1. The Bertz CT molecular complexity index is 176. The van der Waals surface area contributed by atoms with Crippen molar-refractivity contribution in [1.29, 1.82) is 0 Å². The van der Waals surface area contributed by atoms with Gasteiger partial charge < -0.3 is 0 Å². The lowest BCUT2D eigenvalue weighted by Crippen LogP contribution is -1.83. The lowest BCUT2D eigenvalue weighted by atomic mass is 10.2. The molecular weight excluding hydrogens is 110 g/mol. The largest absolute Gasteiger partial charge is 0.261 e. The number of aryl methyl sites for hydroxylation is 1. The van der Waals surface area contributed by atoms with Crippen molar-refractivity contribution in [3.8, 4) is 0 Å². The molecule has 9 heavy (non-hydrogen) atoms. The molecule has 0 saturated carbocycles. The van der Waals surface area contributed by atoms with Crippen molar-refractivity contribution < 1.29 is 0 Å². The van der Waals surface area contributed by atoms with Crippen LogP contribution in [0.25, 0.3) is 0 Å². The topological polar surface area (TPSA) is 12.9 Å². The Labute approximate surface area is 55.7 Å². The molecule has 0 spiro atoms. The average Bonchev–Trinajstić information content (AvgIpc) is 1.90. The van der Waals surface area contributed by atoms with Gasteiger partial charge in [-0.05, 0) is 31.9 Å². The van der Waals surface area contributed by atoms with E-state index in [-0.39, 0.29) is 0 Å². The van der Waals surface area contributed by atoms with Crippen LogP contribution in [0.15, 0.2) is 18.3 Å². The molecule has 0 N–H and O–H groups in total. The summed E-state index contributed by atoms with van der Waals surface area (Å²) < 4.78 is 0. The van der Waals surface area contributed by atoms with Gasteiger partial charge in [0, 0.05) is 11.9 Å². The third-order valence-corrected chi connectivity index (χ3v) is 1.26. The highest BCUT2D eigenvalue weighted by molar-refractivity contribution is 5.13. The zero-order valence-corrected chi connectivity index (χ0v) is 5.59. The van der Waals surface area contributed by atoms with Gasteiger partial charge in [-0.1, -0.05) is 6.07 Å². The van der Waals surface area contributed by atoms with Gasteiger partial charge in [-0.2, -0.15) is 0 Å². The van der Waals surface area contributed by atoms with Gasteiger partial charge in [-0.15, -0.1) is 0 Å². The van der Waals surface area contributed by atoms with E-state index in [1.807, 2.05) is 19.2 Å². The molecule has 47 valence electrons. The van der Waals surface area contributed by atoms with E-state index in [1.165, 1.54) is 5.56 Å². The summed E-state index contributed by atoms with van der Waals surface area (Å²) >= 11 is 0. The second-order valence-electron chi connectivity index (χ2n) is 2.06. The monoisotopic (exact) mass is 120 g/mol. The van der Waals surface area contributed by atoms with Crippen molar-refractivity contribution in [2.45, 2.75) is 13.3 Å². The van der Waals surface area contributed by atoms with Crippen LogP contribution >= 0.6 is 0 Å². The van der Waals surface area contributed by atoms with Gasteiger partial charge in [0.1, 0.15) is 0 Å². The molecule has 1 heteroatoms. The van der Waals surface area contributed by atoms with E-state index in [9.17, 15) is 0 Å². The normalized spacial score (nSPS) is 9.56. The van der Waals surface area contributed by atoms with Crippen LogP contribution in [0.4, 0.5) is 0 Å². The number of nitrogens with zero attached hydrogens (tertiary/aromatic N) is 1. The zero-order chi connectivity index (χ0) is 6.69. The smallest absolute Gasteiger partial charge is 0.0372 e. The van der Waals surface area contributed by atoms with Gasteiger partial charge in [0.15, 0.2) is 0 Å². The molecule has 1 aromatic rings. The van der Waals surface area contributed by atoms with Crippen LogP contribution in [-0.2, 0) is 6.42 Å². The molecule has 1 rings (SSSR count). The Morgan fingerprint density at radius 2 is 2.33 bits per heavy atom. The van der Waals surface area contributed by atoms with E-state index in [0.717, 1.165) is 12.1 Å². The summed E-state index contributed by atoms with van der Waals surface area (Å²) in [7, 11) is 0. The van der Waals surface area contributed by atoms with Crippen LogP contribution in [0.3, 0.4) is 0 Å². The van der Waals surface area contributed by atoms with E-state index in [1.54, 1.807) is 0 Å². The van der Waals surface area contributed by atoms with Crippen LogP contribution in [-0.4, -0.2) is 4.98 Å². The predicted molar refractivity (Wildman–Crippen MR) is 38.0 cm³/mol. The molecule has 0 fully saturated rings. The maximum absolute atomic E-state index is 4.11. The molecule has 0 saturated heterocycles. The van der Waals surface area contributed by atoms with Gasteiger partial charge in [-0.3, -0.25) is 4.98 Å². The summed E-state index contributed by atoms with van der Waals surface area (Å²) in [6.45, 7) is 5.72. The molecule has 1 aromatic heterocycles. The molecule has 1 heterocycles. The highest BCUT2D eigenvalue weighted by atomic mass is 14.6. The Balaban J connectivity index is 2.88. The van der Waals surface area contributed by atoms with Crippen LogP contribution in [0.2, 0.25) is 0 Å². The lowest BCUT2D eigenvalue weighted by molar-refractivity contribution is 1.13.